The van der Waals surface area contributed by atoms with Crippen molar-refractivity contribution in [3.63, 3.8) is 0 Å². The SMILES string of the molecule is [CH2]C(NC(=O)CO)c1ccc(Cl)cc1. The van der Waals surface area contributed by atoms with Crippen LogP contribution in [0, 0.1) is 6.92 Å². The Morgan fingerprint density at radius 2 is 2.07 bits per heavy atom. The quantitative estimate of drug-likeness (QED) is 0.794. The topological polar surface area (TPSA) is 49.3 Å². The van der Waals surface area contributed by atoms with E-state index in [9.17, 15) is 4.79 Å². The second kappa shape index (κ2) is 4.98. The fourth-order valence-electron chi connectivity index (χ4n) is 1.02. The molecule has 1 unspecified atom stereocenters. The molecule has 0 bridgehead atoms. The van der Waals surface area contributed by atoms with Crippen molar-refractivity contribution in [1.29, 1.82) is 0 Å². The third kappa shape index (κ3) is 3.01. The summed E-state index contributed by atoms with van der Waals surface area (Å²) in [5.41, 5.74) is 0.844. The summed E-state index contributed by atoms with van der Waals surface area (Å²) in [5.74, 6) is -0.444. The van der Waals surface area contributed by atoms with Gasteiger partial charge in [-0.05, 0) is 24.6 Å². The van der Waals surface area contributed by atoms with Crippen molar-refractivity contribution in [1.82, 2.24) is 5.32 Å². The maximum atomic E-state index is 10.8. The van der Waals surface area contributed by atoms with E-state index in [0.29, 0.717) is 5.02 Å². The summed E-state index contributed by atoms with van der Waals surface area (Å²) in [4.78, 5) is 10.8. The molecule has 1 aromatic rings. The Balaban J connectivity index is 2.65. The molecule has 1 rings (SSSR count). The zero-order chi connectivity index (χ0) is 10.6. The van der Waals surface area contributed by atoms with Crippen LogP contribution in [0.25, 0.3) is 0 Å². The molecule has 0 heterocycles. The van der Waals surface area contributed by atoms with Gasteiger partial charge in [0.05, 0.1) is 6.04 Å². The maximum absolute atomic E-state index is 10.8. The first-order chi connectivity index (χ1) is 6.63. The van der Waals surface area contributed by atoms with Gasteiger partial charge in [-0.2, -0.15) is 0 Å². The summed E-state index contributed by atoms with van der Waals surface area (Å²) in [7, 11) is 0. The molecule has 0 spiro atoms. The van der Waals surface area contributed by atoms with E-state index in [2.05, 4.69) is 12.2 Å². The van der Waals surface area contributed by atoms with Crippen LogP contribution in [0.5, 0.6) is 0 Å². The minimum Gasteiger partial charge on any atom is -0.387 e. The molecule has 0 saturated heterocycles. The lowest BCUT2D eigenvalue weighted by atomic mass is 10.1. The first kappa shape index (κ1) is 11.0. The molecule has 14 heavy (non-hydrogen) atoms. The van der Waals surface area contributed by atoms with Gasteiger partial charge in [0.25, 0.3) is 0 Å². The highest BCUT2D eigenvalue weighted by Gasteiger charge is 2.07. The van der Waals surface area contributed by atoms with Crippen LogP contribution in [0.15, 0.2) is 24.3 Å². The number of carbonyl (C=O) groups excluding carboxylic acids is 1. The molecule has 75 valence electrons. The molecule has 3 nitrogen and oxygen atoms in total. The standard InChI is InChI=1S/C10H11ClNO2/c1-7(12-10(14)6-13)8-2-4-9(11)5-3-8/h2-5,7,13H,1,6H2,(H,12,14). The number of benzene rings is 1. The smallest absolute Gasteiger partial charge is 0.246 e. The average Bonchev–Trinajstić information content (AvgIpc) is 2.18. The number of carbonyl (C=O) groups is 1. The highest BCUT2D eigenvalue weighted by atomic mass is 35.5. The number of halogens is 1. The minimum absolute atomic E-state index is 0.369. The van der Waals surface area contributed by atoms with E-state index in [1.807, 2.05) is 0 Å². The van der Waals surface area contributed by atoms with Gasteiger partial charge < -0.3 is 10.4 Å². The Kier molecular flexibility index (Phi) is 3.92. The maximum Gasteiger partial charge on any atom is 0.246 e. The molecule has 0 aliphatic rings. The summed E-state index contributed by atoms with van der Waals surface area (Å²) in [5, 5.41) is 11.7. The van der Waals surface area contributed by atoms with E-state index in [1.54, 1.807) is 24.3 Å². The van der Waals surface area contributed by atoms with Crippen LogP contribution < -0.4 is 5.32 Å². The van der Waals surface area contributed by atoms with Crippen molar-refractivity contribution >= 4 is 17.5 Å². The number of nitrogens with one attached hydrogen (secondary N) is 1. The number of aliphatic hydroxyl groups is 1. The largest absolute Gasteiger partial charge is 0.387 e. The first-order valence-corrected chi connectivity index (χ1v) is 4.50. The Morgan fingerprint density at radius 1 is 1.50 bits per heavy atom. The molecule has 0 aliphatic carbocycles. The van der Waals surface area contributed by atoms with Crippen LogP contribution in [0.2, 0.25) is 5.02 Å². The third-order valence-electron chi connectivity index (χ3n) is 1.75. The van der Waals surface area contributed by atoms with Gasteiger partial charge >= 0.3 is 0 Å². The van der Waals surface area contributed by atoms with Crippen molar-refractivity contribution in [2.24, 2.45) is 0 Å². The molecule has 0 aromatic heterocycles. The Labute approximate surface area is 87.7 Å². The highest BCUT2D eigenvalue weighted by Crippen LogP contribution is 2.15. The molecule has 1 atom stereocenters. The molecular weight excluding hydrogens is 202 g/mol. The molecule has 0 aliphatic heterocycles. The van der Waals surface area contributed by atoms with Crippen molar-refractivity contribution in [2.75, 3.05) is 6.61 Å². The van der Waals surface area contributed by atoms with Crippen LogP contribution in [-0.4, -0.2) is 17.6 Å². The lowest BCUT2D eigenvalue weighted by molar-refractivity contribution is -0.124. The fourth-order valence-corrected chi connectivity index (χ4v) is 1.14. The zero-order valence-corrected chi connectivity index (χ0v) is 8.29. The van der Waals surface area contributed by atoms with Crippen molar-refractivity contribution in [2.45, 2.75) is 6.04 Å². The summed E-state index contributed by atoms with van der Waals surface area (Å²) >= 11 is 5.70. The van der Waals surface area contributed by atoms with E-state index in [4.69, 9.17) is 16.7 Å². The lowest BCUT2D eigenvalue weighted by Crippen LogP contribution is -2.29. The Hall–Kier alpha value is -1.06. The molecule has 0 saturated carbocycles. The third-order valence-corrected chi connectivity index (χ3v) is 2.00. The predicted molar refractivity (Wildman–Crippen MR) is 54.8 cm³/mol. The molecule has 0 fully saturated rings. The summed E-state index contributed by atoms with van der Waals surface area (Å²) in [6, 6.07) is 6.63. The summed E-state index contributed by atoms with van der Waals surface area (Å²) in [6.07, 6.45) is 0. The number of hydrogen-bond donors (Lipinski definition) is 2. The molecule has 1 aromatic carbocycles. The predicted octanol–water partition coefficient (Wildman–Crippen LogP) is 1.32. The van der Waals surface area contributed by atoms with Crippen LogP contribution in [0.1, 0.15) is 11.6 Å². The number of rotatable bonds is 3. The van der Waals surface area contributed by atoms with Crippen LogP contribution >= 0.6 is 11.6 Å². The highest BCUT2D eigenvalue weighted by molar-refractivity contribution is 6.30. The van der Waals surface area contributed by atoms with E-state index < -0.39 is 12.5 Å². The second-order valence-electron chi connectivity index (χ2n) is 2.83. The second-order valence-corrected chi connectivity index (χ2v) is 3.27. The van der Waals surface area contributed by atoms with Gasteiger partial charge in [-0.25, -0.2) is 0 Å². The molecule has 1 radical (unpaired) electrons. The van der Waals surface area contributed by atoms with E-state index in [1.165, 1.54) is 0 Å². The monoisotopic (exact) mass is 212 g/mol. The Bertz CT molecular complexity index is 310. The van der Waals surface area contributed by atoms with Gasteiger partial charge in [0, 0.05) is 5.02 Å². The van der Waals surface area contributed by atoms with E-state index >= 15 is 0 Å². The van der Waals surface area contributed by atoms with Gasteiger partial charge in [-0.15, -0.1) is 0 Å². The van der Waals surface area contributed by atoms with Gasteiger partial charge in [-0.3, -0.25) is 4.79 Å². The van der Waals surface area contributed by atoms with Gasteiger partial charge in [0.15, 0.2) is 0 Å². The van der Waals surface area contributed by atoms with Gasteiger partial charge in [0.1, 0.15) is 6.61 Å². The van der Waals surface area contributed by atoms with Gasteiger partial charge in [-0.1, -0.05) is 23.7 Å². The average molecular weight is 213 g/mol. The molecular formula is C10H11ClNO2. The Morgan fingerprint density at radius 3 is 2.57 bits per heavy atom. The molecule has 1 amide bonds. The molecule has 2 N–H and O–H groups in total. The van der Waals surface area contributed by atoms with Crippen LogP contribution in [0.3, 0.4) is 0 Å². The lowest BCUT2D eigenvalue weighted by Gasteiger charge is -2.12. The first-order valence-electron chi connectivity index (χ1n) is 4.12. The number of aliphatic hydroxyl groups excluding tert-OH is 1. The van der Waals surface area contributed by atoms with Crippen molar-refractivity contribution in [3.05, 3.63) is 41.8 Å². The molecule has 4 heteroatoms. The zero-order valence-electron chi connectivity index (χ0n) is 7.53. The number of hydrogen-bond acceptors (Lipinski definition) is 2. The van der Waals surface area contributed by atoms with Crippen molar-refractivity contribution < 1.29 is 9.90 Å². The summed E-state index contributed by atoms with van der Waals surface area (Å²) < 4.78 is 0. The normalized spacial score (nSPS) is 12.2. The van der Waals surface area contributed by atoms with Crippen LogP contribution in [-0.2, 0) is 4.79 Å². The van der Waals surface area contributed by atoms with Crippen LogP contribution in [0.4, 0.5) is 0 Å². The van der Waals surface area contributed by atoms with Crippen molar-refractivity contribution in [3.8, 4) is 0 Å². The minimum atomic E-state index is -0.528. The van der Waals surface area contributed by atoms with E-state index in [-0.39, 0.29) is 6.04 Å². The number of amides is 1. The van der Waals surface area contributed by atoms with E-state index in [0.717, 1.165) is 5.56 Å². The summed E-state index contributed by atoms with van der Waals surface area (Å²) in [6.45, 7) is 3.21. The van der Waals surface area contributed by atoms with Gasteiger partial charge in [0.2, 0.25) is 5.91 Å². The fraction of sp³-hybridized carbons (Fsp3) is 0.200.